The van der Waals surface area contributed by atoms with Crippen molar-refractivity contribution in [3.63, 3.8) is 0 Å². The molecule has 3 nitrogen and oxygen atoms in total. The Morgan fingerprint density at radius 3 is 2.59 bits per heavy atom. The van der Waals surface area contributed by atoms with Crippen molar-refractivity contribution in [2.75, 3.05) is 11.4 Å². The molecule has 1 saturated carbocycles. The summed E-state index contributed by atoms with van der Waals surface area (Å²) in [7, 11) is 0. The van der Waals surface area contributed by atoms with Gasteiger partial charge in [-0.15, -0.1) is 0 Å². The van der Waals surface area contributed by atoms with Crippen molar-refractivity contribution >= 4 is 17.4 Å². The fourth-order valence-corrected chi connectivity index (χ4v) is 2.78. The number of hydrogen-bond donors (Lipinski definition) is 0. The first-order valence-electron chi connectivity index (χ1n) is 6.54. The summed E-state index contributed by atoms with van der Waals surface area (Å²) < 4.78 is 0. The molecule has 0 bridgehead atoms. The molecule has 2 rings (SSSR count). The van der Waals surface area contributed by atoms with Gasteiger partial charge in [-0.3, -0.25) is 0 Å². The smallest absolute Gasteiger partial charge is 0.134 e. The number of aryl methyl sites for hydroxylation is 1. The molecule has 0 atom stereocenters. The third-order valence-electron chi connectivity index (χ3n) is 3.44. The fourth-order valence-electron chi connectivity index (χ4n) is 2.58. The fraction of sp³-hybridized carbons (Fsp3) is 0.692. The molecule has 1 aromatic heterocycles. The first kappa shape index (κ1) is 12.6. The van der Waals surface area contributed by atoms with Crippen molar-refractivity contribution in [2.24, 2.45) is 0 Å². The van der Waals surface area contributed by atoms with Crippen molar-refractivity contribution in [3.05, 3.63) is 17.0 Å². The van der Waals surface area contributed by atoms with Gasteiger partial charge in [0.1, 0.15) is 16.8 Å². The van der Waals surface area contributed by atoms with Crippen LogP contribution in [0, 0.1) is 0 Å². The van der Waals surface area contributed by atoms with Gasteiger partial charge in [-0.05, 0) is 19.8 Å². The molecule has 4 heteroatoms. The highest BCUT2D eigenvalue weighted by Crippen LogP contribution is 2.28. The first-order chi connectivity index (χ1) is 8.24. The normalized spacial score (nSPS) is 16.4. The second-order valence-electron chi connectivity index (χ2n) is 4.54. The van der Waals surface area contributed by atoms with E-state index in [1.54, 1.807) is 0 Å². The number of anilines is 1. The quantitative estimate of drug-likeness (QED) is 0.770. The number of halogens is 1. The van der Waals surface area contributed by atoms with E-state index < -0.39 is 0 Å². The predicted molar refractivity (Wildman–Crippen MR) is 71.7 cm³/mol. The molecule has 0 aromatic carbocycles. The molecule has 1 aliphatic rings. The lowest BCUT2D eigenvalue weighted by atomic mass is 10.2. The van der Waals surface area contributed by atoms with Gasteiger partial charge in [-0.1, -0.05) is 31.4 Å². The molecule has 1 aliphatic carbocycles. The minimum Gasteiger partial charge on any atom is -0.354 e. The average Bonchev–Trinajstić information content (AvgIpc) is 2.83. The lowest BCUT2D eigenvalue weighted by Crippen LogP contribution is -2.33. The predicted octanol–water partition coefficient (Wildman–Crippen LogP) is 3.46. The Morgan fingerprint density at radius 1 is 1.29 bits per heavy atom. The number of nitrogens with zero attached hydrogens (tertiary/aromatic N) is 3. The lowest BCUT2D eigenvalue weighted by Gasteiger charge is -2.29. The summed E-state index contributed by atoms with van der Waals surface area (Å²) in [6.45, 7) is 5.22. The largest absolute Gasteiger partial charge is 0.354 e. The summed E-state index contributed by atoms with van der Waals surface area (Å²) in [4.78, 5) is 11.2. The molecule has 0 aliphatic heterocycles. The molecule has 0 saturated heterocycles. The summed E-state index contributed by atoms with van der Waals surface area (Å²) in [5, 5.41) is 0.559. The van der Waals surface area contributed by atoms with Gasteiger partial charge >= 0.3 is 0 Å². The summed E-state index contributed by atoms with van der Waals surface area (Å²) >= 11 is 6.06. The van der Waals surface area contributed by atoms with Gasteiger partial charge in [-0.2, -0.15) is 0 Å². The van der Waals surface area contributed by atoms with E-state index in [-0.39, 0.29) is 0 Å². The van der Waals surface area contributed by atoms with Crippen LogP contribution < -0.4 is 4.90 Å². The van der Waals surface area contributed by atoms with Gasteiger partial charge in [-0.25, -0.2) is 9.97 Å². The van der Waals surface area contributed by atoms with E-state index in [1.807, 2.05) is 6.07 Å². The van der Waals surface area contributed by atoms with Gasteiger partial charge in [0.2, 0.25) is 0 Å². The van der Waals surface area contributed by atoms with Crippen LogP contribution in [0.25, 0.3) is 0 Å². The van der Waals surface area contributed by atoms with Crippen molar-refractivity contribution in [1.29, 1.82) is 0 Å². The number of rotatable bonds is 4. The molecule has 17 heavy (non-hydrogen) atoms. The third-order valence-corrected chi connectivity index (χ3v) is 3.64. The molecule has 1 aromatic rings. The van der Waals surface area contributed by atoms with Crippen LogP contribution >= 0.6 is 11.6 Å². The average molecular weight is 254 g/mol. The first-order valence-corrected chi connectivity index (χ1v) is 6.92. The van der Waals surface area contributed by atoms with E-state index >= 15 is 0 Å². The van der Waals surface area contributed by atoms with Crippen molar-refractivity contribution < 1.29 is 0 Å². The van der Waals surface area contributed by atoms with Gasteiger partial charge in [0.15, 0.2) is 0 Å². The Labute approximate surface area is 108 Å². The zero-order valence-electron chi connectivity index (χ0n) is 10.6. The maximum Gasteiger partial charge on any atom is 0.134 e. The SMILES string of the molecule is CCc1nc(Cl)cc(N(CC)C2CCCC2)n1. The van der Waals surface area contributed by atoms with Crippen LogP contribution in [-0.4, -0.2) is 22.6 Å². The third kappa shape index (κ3) is 2.89. The number of hydrogen-bond acceptors (Lipinski definition) is 3. The molecule has 0 spiro atoms. The second-order valence-corrected chi connectivity index (χ2v) is 4.93. The highest BCUT2D eigenvalue weighted by Gasteiger charge is 2.23. The molecular weight excluding hydrogens is 234 g/mol. The number of aromatic nitrogens is 2. The standard InChI is InChI=1S/C13H20ClN3/c1-3-12-15-11(14)9-13(16-12)17(4-2)10-7-5-6-8-10/h9-10H,3-8H2,1-2H3. The van der Waals surface area contributed by atoms with Crippen LogP contribution in [0.3, 0.4) is 0 Å². The maximum atomic E-state index is 6.06. The van der Waals surface area contributed by atoms with Crippen LogP contribution in [0.15, 0.2) is 6.07 Å². The van der Waals surface area contributed by atoms with E-state index in [0.29, 0.717) is 11.2 Å². The van der Waals surface area contributed by atoms with E-state index in [4.69, 9.17) is 11.6 Å². The molecular formula is C13H20ClN3. The zero-order chi connectivity index (χ0) is 12.3. The van der Waals surface area contributed by atoms with Gasteiger partial charge in [0.05, 0.1) is 0 Å². The molecule has 0 unspecified atom stereocenters. The molecule has 0 N–H and O–H groups in total. The summed E-state index contributed by atoms with van der Waals surface area (Å²) in [5.41, 5.74) is 0. The van der Waals surface area contributed by atoms with Crippen LogP contribution in [-0.2, 0) is 6.42 Å². The van der Waals surface area contributed by atoms with Crippen molar-refractivity contribution in [3.8, 4) is 0 Å². The maximum absolute atomic E-state index is 6.06. The second kappa shape index (κ2) is 5.67. The van der Waals surface area contributed by atoms with Gasteiger partial charge in [0.25, 0.3) is 0 Å². The topological polar surface area (TPSA) is 29.0 Å². The highest BCUT2D eigenvalue weighted by molar-refractivity contribution is 6.29. The Hall–Kier alpha value is -0.830. The van der Waals surface area contributed by atoms with Gasteiger partial charge < -0.3 is 4.90 Å². The Bertz CT molecular complexity index is 375. The molecule has 1 heterocycles. The Kier molecular flexibility index (Phi) is 4.21. The van der Waals surface area contributed by atoms with E-state index in [0.717, 1.165) is 24.6 Å². The molecule has 0 amide bonds. The van der Waals surface area contributed by atoms with Crippen LogP contribution in [0.4, 0.5) is 5.82 Å². The molecule has 94 valence electrons. The van der Waals surface area contributed by atoms with Crippen molar-refractivity contribution in [1.82, 2.24) is 9.97 Å². The van der Waals surface area contributed by atoms with E-state index in [1.165, 1.54) is 25.7 Å². The minimum absolute atomic E-state index is 0.559. The van der Waals surface area contributed by atoms with E-state index in [9.17, 15) is 0 Å². The monoisotopic (exact) mass is 253 g/mol. The Balaban J connectivity index is 2.25. The van der Waals surface area contributed by atoms with Crippen LogP contribution in [0.2, 0.25) is 5.15 Å². The van der Waals surface area contributed by atoms with Crippen molar-refractivity contribution in [2.45, 2.75) is 52.0 Å². The highest BCUT2D eigenvalue weighted by atomic mass is 35.5. The summed E-state index contributed by atoms with van der Waals surface area (Å²) in [5.74, 6) is 1.83. The van der Waals surface area contributed by atoms with Gasteiger partial charge in [0, 0.05) is 25.1 Å². The minimum atomic E-state index is 0.559. The zero-order valence-corrected chi connectivity index (χ0v) is 11.4. The molecule has 0 radical (unpaired) electrons. The molecule has 1 fully saturated rings. The summed E-state index contributed by atoms with van der Waals surface area (Å²) in [6, 6.07) is 2.53. The Morgan fingerprint density at radius 2 is 2.00 bits per heavy atom. The lowest BCUT2D eigenvalue weighted by molar-refractivity contribution is 0.610. The summed E-state index contributed by atoms with van der Waals surface area (Å²) in [6.07, 6.45) is 6.05. The van der Waals surface area contributed by atoms with E-state index in [2.05, 4.69) is 28.7 Å². The van der Waals surface area contributed by atoms with Crippen LogP contribution in [0.5, 0.6) is 0 Å². The van der Waals surface area contributed by atoms with Crippen LogP contribution in [0.1, 0.15) is 45.4 Å².